The average Bonchev–Trinajstić information content (AvgIpc) is 2.95. The van der Waals surface area contributed by atoms with Crippen LogP contribution in [0.5, 0.6) is 0 Å². The van der Waals surface area contributed by atoms with E-state index in [9.17, 15) is 9.90 Å². The molecular formula is C35H53F2O2-. The lowest BCUT2D eigenvalue weighted by atomic mass is 9.53. The van der Waals surface area contributed by atoms with Crippen molar-refractivity contribution in [2.75, 3.05) is 0 Å². The summed E-state index contributed by atoms with van der Waals surface area (Å²) in [4.78, 5) is 11.7. The van der Waals surface area contributed by atoms with E-state index in [4.69, 9.17) is 0 Å². The molecule has 0 aliphatic heterocycles. The van der Waals surface area contributed by atoms with Gasteiger partial charge in [-0.25, -0.2) is 8.78 Å². The molecule has 0 bridgehead atoms. The molecule has 3 fully saturated rings. The summed E-state index contributed by atoms with van der Waals surface area (Å²) in [6.45, 7) is 6.80. The maximum atomic E-state index is 16.7. The number of hydrogen-bond donors (Lipinski definition) is 0. The number of halogens is 2. The molecule has 4 rings (SSSR count). The van der Waals surface area contributed by atoms with Gasteiger partial charge in [0.15, 0.2) is 0 Å². The monoisotopic (exact) mass is 543 g/mol. The molecule has 220 valence electrons. The summed E-state index contributed by atoms with van der Waals surface area (Å²) in [5, 5.41) is 11.7. The third-order valence-electron chi connectivity index (χ3n) is 11.4. The zero-order valence-electron chi connectivity index (χ0n) is 24.8. The third-order valence-corrected chi connectivity index (χ3v) is 11.4. The first kappa shape index (κ1) is 30.5. The lowest BCUT2D eigenvalue weighted by Gasteiger charge is -2.52. The quantitative estimate of drug-likeness (QED) is 0.262. The van der Waals surface area contributed by atoms with E-state index in [1.54, 1.807) is 0 Å². The largest absolute Gasteiger partial charge is 0.550 e. The van der Waals surface area contributed by atoms with Gasteiger partial charge in [-0.1, -0.05) is 109 Å². The summed E-state index contributed by atoms with van der Waals surface area (Å²) in [5.41, 5.74) is 1.21. The Labute approximate surface area is 236 Å². The predicted octanol–water partition coefficient (Wildman–Crippen LogP) is 8.86. The Morgan fingerprint density at radius 1 is 0.897 bits per heavy atom. The first-order chi connectivity index (χ1) is 18.8. The van der Waals surface area contributed by atoms with Crippen LogP contribution in [0.1, 0.15) is 141 Å². The van der Waals surface area contributed by atoms with E-state index < -0.39 is 29.6 Å². The molecule has 5 atom stereocenters. The molecule has 0 amide bonds. The number of benzene rings is 1. The maximum absolute atomic E-state index is 16.7. The topological polar surface area (TPSA) is 40.1 Å². The van der Waals surface area contributed by atoms with Crippen molar-refractivity contribution in [2.24, 2.45) is 29.6 Å². The van der Waals surface area contributed by atoms with Crippen LogP contribution in [0.3, 0.4) is 0 Å². The van der Waals surface area contributed by atoms with Crippen molar-refractivity contribution < 1.29 is 18.7 Å². The minimum atomic E-state index is -2.01. The fraction of sp³-hybridized carbons (Fsp3) is 0.800. The van der Waals surface area contributed by atoms with E-state index >= 15 is 8.78 Å². The molecule has 4 heteroatoms. The number of carboxylic acid groups (broad SMARTS) is 1. The standard InChI is InChI=1S/C35H54F2O2/c1-4-6-7-11-26-16-20-28(21-17-26)35(23-22-30(34(38)39)32(36)33(35)37)31-13-9-8-12-29(31)24(3)27-18-14-25(10-5-2)15-19-27/h8-9,12-13,24-28,30,32-33H,4-7,10-11,14-23H2,1-3H3,(H,38,39)/p-1. The Kier molecular flexibility index (Phi) is 10.9. The number of unbranched alkanes of at least 4 members (excludes halogenated alkanes) is 2. The molecule has 1 aromatic carbocycles. The van der Waals surface area contributed by atoms with Crippen molar-refractivity contribution in [3.8, 4) is 0 Å². The summed E-state index contributed by atoms with van der Waals surface area (Å²) < 4.78 is 32.4. The van der Waals surface area contributed by atoms with Crippen LogP contribution in [0.15, 0.2) is 24.3 Å². The molecule has 3 aliphatic carbocycles. The summed E-state index contributed by atoms with van der Waals surface area (Å²) in [6.07, 6.45) is 13.1. The fourth-order valence-electron chi connectivity index (χ4n) is 8.97. The second-order valence-corrected chi connectivity index (χ2v) is 13.5. The summed E-state index contributed by atoms with van der Waals surface area (Å²) in [5.74, 6) is -0.393. The molecule has 1 aromatic rings. The van der Waals surface area contributed by atoms with Crippen LogP contribution in [0.2, 0.25) is 0 Å². The highest BCUT2D eigenvalue weighted by molar-refractivity contribution is 5.69. The van der Waals surface area contributed by atoms with Gasteiger partial charge in [0.1, 0.15) is 12.3 Å². The van der Waals surface area contributed by atoms with Crippen molar-refractivity contribution in [3.63, 3.8) is 0 Å². The number of aliphatic carboxylic acids is 1. The van der Waals surface area contributed by atoms with Crippen LogP contribution in [0.4, 0.5) is 8.78 Å². The van der Waals surface area contributed by atoms with Gasteiger partial charge in [0, 0.05) is 17.3 Å². The molecular weight excluding hydrogens is 490 g/mol. The van der Waals surface area contributed by atoms with Crippen LogP contribution < -0.4 is 5.11 Å². The van der Waals surface area contributed by atoms with Gasteiger partial charge < -0.3 is 9.90 Å². The lowest BCUT2D eigenvalue weighted by Crippen LogP contribution is -2.57. The number of carboxylic acids is 1. The van der Waals surface area contributed by atoms with Crippen LogP contribution in [-0.2, 0) is 10.2 Å². The van der Waals surface area contributed by atoms with Gasteiger partial charge in [-0.2, -0.15) is 0 Å². The van der Waals surface area contributed by atoms with E-state index in [0.29, 0.717) is 18.3 Å². The smallest absolute Gasteiger partial charge is 0.142 e. The van der Waals surface area contributed by atoms with E-state index in [2.05, 4.69) is 39.0 Å². The number of alkyl halides is 2. The van der Waals surface area contributed by atoms with Gasteiger partial charge in [0.25, 0.3) is 0 Å². The van der Waals surface area contributed by atoms with Crippen molar-refractivity contribution in [3.05, 3.63) is 35.4 Å². The van der Waals surface area contributed by atoms with E-state index in [1.165, 1.54) is 69.8 Å². The van der Waals surface area contributed by atoms with Crippen LogP contribution in [-0.4, -0.2) is 18.3 Å². The van der Waals surface area contributed by atoms with E-state index in [1.807, 2.05) is 6.07 Å². The minimum Gasteiger partial charge on any atom is -0.550 e. The average molecular weight is 544 g/mol. The van der Waals surface area contributed by atoms with Crippen molar-refractivity contribution in [1.29, 1.82) is 0 Å². The SMILES string of the molecule is CCCCCC1CCC(C2(c3ccccc3C(C)C3CCC(CCC)CC3)CCC(C(=O)[O-])C(F)C2F)CC1. The van der Waals surface area contributed by atoms with Crippen LogP contribution >= 0.6 is 0 Å². The van der Waals surface area contributed by atoms with E-state index in [-0.39, 0.29) is 18.3 Å². The first-order valence-corrected chi connectivity index (χ1v) is 16.4. The highest BCUT2D eigenvalue weighted by Gasteiger charge is 2.56. The normalized spacial score (nSPS) is 36.4. The zero-order valence-corrected chi connectivity index (χ0v) is 24.8. The maximum Gasteiger partial charge on any atom is 0.142 e. The summed E-state index contributed by atoms with van der Waals surface area (Å²) in [6, 6.07) is 8.29. The Morgan fingerprint density at radius 3 is 2.18 bits per heavy atom. The van der Waals surface area contributed by atoms with Crippen LogP contribution in [0.25, 0.3) is 0 Å². The predicted molar refractivity (Wildman–Crippen MR) is 154 cm³/mol. The van der Waals surface area contributed by atoms with Gasteiger partial charge in [-0.3, -0.25) is 0 Å². The number of rotatable bonds is 11. The third kappa shape index (κ3) is 6.56. The molecule has 0 heterocycles. The Balaban J connectivity index is 1.63. The van der Waals surface area contributed by atoms with Crippen molar-refractivity contribution in [2.45, 2.75) is 147 Å². The second-order valence-electron chi connectivity index (χ2n) is 13.5. The molecule has 0 saturated heterocycles. The molecule has 5 unspecified atom stereocenters. The van der Waals surface area contributed by atoms with Gasteiger partial charge in [0.05, 0.1) is 0 Å². The molecule has 0 spiro atoms. The lowest BCUT2D eigenvalue weighted by molar-refractivity contribution is -0.316. The minimum absolute atomic E-state index is 0.0459. The van der Waals surface area contributed by atoms with Gasteiger partial charge >= 0.3 is 0 Å². The Hall–Kier alpha value is -1.45. The van der Waals surface area contributed by atoms with E-state index in [0.717, 1.165) is 37.2 Å². The summed E-state index contributed by atoms with van der Waals surface area (Å²) >= 11 is 0. The highest BCUT2D eigenvalue weighted by Crippen LogP contribution is 2.56. The molecule has 0 radical (unpaired) electrons. The fourth-order valence-corrected chi connectivity index (χ4v) is 8.97. The zero-order chi connectivity index (χ0) is 28.0. The van der Waals surface area contributed by atoms with Gasteiger partial charge in [-0.05, 0) is 79.2 Å². The molecule has 39 heavy (non-hydrogen) atoms. The Morgan fingerprint density at radius 2 is 1.54 bits per heavy atom. The molecule has 3 aliphatic rings. The molecule has 2 nitrogen and oxygen atoms in total. The van der Waals surface area contributed by atoms with Crippen molar-refractivity contribution in [1.82, 2.24) is 0 Å². The highest BCUT2D eigenvalue weighted by atomic mass is 19.2. The van der Waals surface area contributed by atoms with Gasteiger partial charge in [0.2, 0.25) is 0 Å². The first-order valence-electron chi connectivity index (χ1n) is 16.4. The van der Waals surface area contributed by atoms with Crippen molar-refractivity contribution >= 4 is 5.97 Å². The number of carbonyl (C=O) groups excluding carboxylic acids is 1. The number of hydrogen-bond acceptors (Lipinski definition) is 2. The summed E-state index contributed by atoms with van der Waals surface area (Å²) in [7, 11) is 0. The second kappa shape index (κ2) is 13.9. The Bertz CT molecular complexity index is 902. The number of carbonyl (C=O) groups is 1. The molecule has 0 aromatic heterocycles. The van der Waals surface area contributed by atoms with Gasteiger partial charge in [-0.15, -0.1) is 0 Å². The van der Waals surface area contributed by atoms with Crippen LogP contribution in [0, 0.1) is 29.6 Å². The molecule has 0 N–H and O–H groups in total. The molecule has 3 saturated carbocycles.